The fourth-order valence-electron chi connectivity index (χ4n) is 6.80. The molecule has 4 unspecified atom stereocenters. The van der Waals surface area contributed by atoms with Crippen molar-refractivity contribution in [2.45, 2.75) is 125 Å². The molecular formula is C34H55N2P. The molecule has 0 radical (unpaired) electrons. The zero-order valence-electron chi connectivity index (χ0n) is 25.6. The molecule has 1 fully saturated rings. The Hall–Kier alpha value is -1.21. The van der Waals surface area contributed by atoms with Crippen LogP contribution in [0.15, 0.2) is 48.5 Å². The first-order chi connectivity index (χ1) is 17.6. The molecule has 0 N–H and O–H groups in total. The van der Waals surface area contributed by atoms with Crippen molar-refractivity contribution in [2.75, 3.05) is 13.1 Å². The van der Waals surface area contributed by atoms with Gasteiger partial charge >= 0.3 is 0 Å². The van der Waals surface area contributed by atoms with Crippen molar-refractivity contribution in [3.63, 3.8) is 0 Å². The van der Waals surface area contributed by atoms with Crippen LogP contribution in [0.2, 0.25) is 0 Å². The summed E-state index contributed by atoms with van der Waals surface area (Å²) in [6.45, 7) is 26.4. The normalized spacial score (nSPS) is 22.9. The van der Waals surface area contributed by atoms with Crippen LogP contribution in [0.1, 0.15) is 92.2 Å². The van der Waals surface area contributed by atoms with E-state index in [0.29, 0.717) is 29.8 Å². The van der Waals surface area contributed by atoms with Gasteiger partial charge < -0.3 is 0 Å². The smallest absolute Gasteiger partial charge is 0.0253 e. The maximum absolute atomic E-state index is 2.92. The number of nitrogens with zero attached hydrogens (tertiary/aromatic N) is 2. The van der Waals surface area contributed by atoms with Crippen LogP contribution in [0, 0.1) is 19.3 Å². The highest BCUT2D eigenvalue weighted by Crippen LogP contribution is 2.61. The predicted molar refractivity (Wildman–Crippen MR) is 167 cm³/mol. The molecule has 37 heavy (non-hydrogen) atoms. The molecule has 3 heteroatoms. The first-order valence-electron chi connectivity index (χ1n) is 15.1. The molecule has 0 aromatic heterocycles. The van der Waals surface area contributed by atoms with E-state index in [-0.39, 0.29) is 5.41 Å². The highest BCUT2D eigenvalue weighted by atomic mass is 31.1. The van der Waals surface area contributed by atoms with E-state index in [1.54, 1.807) is 10.6 Å². The zero-order valence-corrected chi connectivity index (χ0v) is 26.5. The second kappa shape index (κ2) is 13.2. The Balaban J connectivity index is 2.25. The van der Waals surface area contributed by atoms with Gasteiger partial charge in [-0.3, -0.25) is 9.80 Å². The molecule has 0 heterocycles. The van der Waals surface area contributed by atoms with Crippen LogP contribution in [0.5, 0.6) is 0 Å². The SMILES string of the molecule is CCCN(C(C)CC)C1C(P(c2ccc(C)cc2)c2ccc(C)cc2)C(N(CCC)C(C)CC)C1(C)C. The summed E-state index contributed by atoms with van der Waals surface area (Å²) in [5.41, 5.74) is 3.54. The summed E-state index contributed by atoms with van der Waals surface area (Å²) in [5, 5.41) is 3.09. The van der Waals surface area contributed by atoms with Crippen molar-refractivity contribution in [1.82, 2.24) is 9.80 Å². The van der Waals surface area contributed by atoms with Crippen molar-refractivity contribution in [3.05, 3.63) is 59.7 Å². The first kappa shape index (κ1) is 30.3. The van der Waals surface area contributed by atoms with Gasteiger partial charge in [0, 0.05) is 29.8 Å². The lowest BCUT2D eigenvalue weighted by Gasteiger charge is -2.68. The lowest BCUT2D eigenvalue weighted by atomic mass is 9.60. The second-order valence-electron chi connectivity index (χ2n) is 12.2. The van der Waals surface area contributed by atoms with E-state index in [1.165, 1.54) is 49.9 Å². The Kier molecular flexibility index (Phi) is 10.8. The van der Waals surface area contributed by atoms with Crippen molar-refractivity contribution >= 4 is 18.5 Å². The van der Waals surface area contributed by atoms with E-state index in [2.05, 4.69) is 128 Å². The Morgan fingerprint density at radius 2 is 1.03 bits per heavy atom. The van der Waals surface area contributed by atoms with Gasteiger partial charge in [-0.15, -0.1) is 0 Å². The minimum Gasteiger partial charge on any atom is -0.296 e. The minimum absolute atomic E-state index is 0.234. The molecule has 0 amide bonds. The van der Waals surface area contributed by atoms with Crippen molar-refractivity contribution in [1.29, 1.82) is 0 Å². The maximum atomic E-state index is 2.92. The first-order valence-corrected chi connectivity index (χ1v) is 16.5. The van der Waals surface area contributed by atoms with E-state index in [1.807, 2.05) is 0 Å². The predicted octanol–water partition coefficient (Wildman–Crippen LogP) is 7.90. The van der Waals surface area contributed by atoms with Gasteiger partial charge in [0.2, 0.25) is 0 Å². The van der Waals surface area contributed by atoms with Crippen molar-refractivity contribution < 1.29 is 0 Å². The largest absolute Gasteiger partial charge is 0.296 e. The average Bonchev–Trinajstić information content (AvgIpc) is 2.88. The van der Waals surface area contributed by atoms with Gasteiger partial charge in [0.15, 0.2) is 0 Å². The maximum Gasteiger partial charge on any atom is 0.0253 e. The Bertz CT molecular complexity index is 875. The van der Waals surface area contributed by atoms with Crippen LogP contribution >= 0.6 is 7.92 Å². The Morgan fingerprint density at radius 3 is 1.32 bits per heavy atom. The van der Waals surface area contributed by atoms with Gasteiger partial charge in [0.05, 0.1) is 0 Å². The molecule has 3 rings (SSSR count). The Labute approximate surface area is 231 Å². The molecule has 2 aromatic carbocycles. The van der Waals surface area contributed by atoms with E-state index in [0.717, 1.165) is 0 Å². The summed E-state index contributed by atoms with van der Waals surface area (Å²) >= 11 is 0. The van der Waals surface area contributed by atoms with Gasteiger partial charge in [0.25, 0.3) is 0 Å². The fraction of sp³-hybridized carbons (Fsp3) is 0.647. The number of aryl methyl sites for hydroxylation is 2. The zero-order chi connectivity index (χ0) is 27.3. The molecule has 0 bridgehead atoms. The van der Waals surface area contributed by atoms with Gasteiger partial charge in [-0.05, 0) is 90.4 Å². The number of rotatable bonds is 13. The fourth-order valence-corrected chi connectivity index (χ4v) is 10.4. The van der Waals surface area contributed by atoms with E-state index in [4.69, 9.17) is 0 Å². The molecule has 1 saturated carbocycles. The summed E-state index contributed by atoms with van der Waals surface area (Å²) in [5.74, 6) is 0. The molecule has 0 spiro atoms. The van der Waals surface area contributed by atoms with E-state index in [9.17, 15) is 0 Å². The van der Waals surface area contributed by atoms with Crippen LogP contribution in [0.3, 0.4) is 0 Å². The van der Waals surface area contributed by atoms with E-state index < -0.39 is 7.92 Å². The van der Waals surface area contributed by atoms with Gasteiger partial charge in [-0.25, -0.2) is 0 Å². The lowest BCUT2D eigenvalue weighted by Crippen LogP contribution is -2.77. The number of hydrogen-bond acceptors (Lipinski definition) is 2. The highest BCUT2D eigenvalue weighted by Gasteiger charge is 2.63. The van der Waals surface area contributed by atoms with Crippen LogP contribution in [0.4, 0.5) is 0 Å². The van der Waals surface area contributed by atoms with Crippen LogP contribution in [0.25, 0.3) is 0 Å². The molecule has 0 aliphatic heterocycles. The van der Waals surface area contributed by atoms with Crippen LogP contribution in [-0.2, 0) is 0 Å². The average molecular weight is 523 g/mol. The standard InChI is InChI=1S/C34H55N2P/c1-11-23-35(27(7)13-3)32-31(33(34(32,9)10)36(24-12-2)28(8)14-4)37(29-19-15-25(5)16-20-29)30-21-17-26(6)18-22-30/h15-22,27-28,31-33H,11-14,23-24H2,1-10H3. The van der Waals surface area contributed by atoms with E-state index >= 15 is 0 Å². The van der Waals surface area contributed by atoms with Crippen LogP contribution in [-0.4, -0.2) is 52.7 Å². The summed E-state index contributed by atoms with van der Waals surface area (Å²) < 4.78 is 0. The van der Waals surface area contributed by atoms with Crippen LogP contribution < -0.4 is 10.6 Å². The number of benzene rings is 2. The monoisotopic (exact) mass is 522 g/mol. The molecule has 206 valence electrons. The molecular weight excluding hydrogens is 467 g/mol. The quantitative estimate of drug-likeness (QED) is 0.247. The number of hydrogen-bond donors (Lipinski definition) is 0. The summed E-state index contributed by atoms with van der Waals surface area (Å²) in [4.78, 5) is 5.83. The lowest BCUT2D eigenvalue weighted by molar-refractivity contribution is -0.106. The Morgan fingerprint density at radius 1 is 0.676 bits per heavy atom. The minimum atomic E-state index is -0.516. The topological polar surface area (TPSA) is 6.48 Å². The van der Waals surface area contributed by atoms with Gasteiger partial charge in [-0.1, -0.05) is 101 Å². The third-order valence-electron chi connectivity index (χ3n) is 9.09. The van der Waals surface area contributed by atoms with Crippen molar-refractivity contribution in [2.24, 2.45) is 5.41 Å². The van der Waals surface area contributed by atoms with Crippen molar-refractivity contribution in [3.8, 4) is 0 Å². The highest BCUT2D eigenvalue weighted by molar-refractivity contribution is 7.73. The summed E-state index contributed by atoms with van der Waals surface area (Å²) in [6, 6.07) is 21.5. The molecule has 0 saturated heterocycles. The summed E-state index contributed by atoms with van der Waals surface area (Å²) in [7, 11) is -0.516. The second-order valence-corrected chi connectivity index (χ2v) is 14.6. The third kappa shape index (κ3) is 6.34. The summed E-state index contributed by atoms with van der Waals surface area (Å²) in [6.07, 6.45) is 4.85. The molecule has 4 atom stereocenters. The molecule has 1 aliphatic carbocycles. The molecule has 2 nitrogen and oxygen atoms in total. The molecule has 2 aromatic rings. The molecule has 1 aliphatic rings. The van der Waals surface area contributed by atoms with Gasteiger partial charge in [0.1, 0.15) is 0 Å². The third-order valence-corrected chi connectivity index (χ3v) is 12.0. The van der Waals surface area contributed by atoms with Gasteiger partial charge in [-0.2, -0.15) is 0 Å².